The molecule has 0 fully saturated rings. The van der Waals surface area contributed by atoms with Gasteiger partial charge in [-0.1, -0.05) is 85.8 Å². The molecular formula is C22H35NZr. The Hall–Kier alpha value is -0.357. The van der Waals surface area contributed by atoms with E-state index in [1.165, 1.54) is 28.1 Å². The Kier molecular flexibility index (Phi) is 7.78. The van der Waals surface area contributed by atoms with E-state index in [0.29, 0.717) is 0 Å². The second-order valence-corrected chi connectivity index (χ2v) is 9.33. The maximum atomic E-state index is 3.44. The van der Waals surface area contributed by atoms with Crippen molar-refractivity contribution < 1.29 is 26.2 Å². The molecule has 0 unspecified atom stereocenters. The third-order valence-corrected chi connectivity index (χ3v) is 4.74. The first-order valence-corrected chi connectivity index (χ1v) is 8.58. The second-order valence-electron chi connectivity index (χ2n) is 9.33. The SMILES string of the molecule is CC(C)(C)c1[c-]cc(C(C)(C)C)[nH]1.CC1=[C-]C(C)(C)C(C)=C1C.[Zr+2]. The first-order chi connectivity index (χ1) is 10.2. The molecule has 0 radical (unpaired) electrons. The van der Waals surface area contributed by atoms with Gasteiger partial charge >= 0.3 is 26.2 Å². The number of hydrogen-bond acceptors (Lipinski definition) is 0. The van der Waals surface area contributed by atoms with Crippen molar-refractivity contribution in [3.8, 4) is 0 Å². The largest absolute Gasteiger partial charge is 2.00 e. The minimum absolute atomic E-state index is 0. The van der Waals surface area contributed by atoms with Crippen LogP contribution in [0, 0.1) is 17.6 Å². The first-order valence-electron chi connectivity index (χ1n) is 8.58. The maximum absolute atomic E-state index is 3.44. The summed E-state index contributed by atoms with van der Waals surface area (Å²) in [4.78, 5) is 3.44. The fraction of sp³-hybridized carbons (Fsp3) is 0.636. The van der Waals surface area contributed by atoms with Crippen LogP contribution in [0.2, 0.25) is 0 Å². The van der Waals surface area contributed by atoms with Crippen LogP contribution >= 0.6 is 0 Å². The topological polar surface area (TPSA) is 15.8 Å². The summed E-state index contributed by atoms with van der Waals surface area (Å²) >= 11 is 0. The Morgan fingerprint density at radius 2 is 1.42 bits per heavy atom. The molecule has 1 heterocycles. The third-order valence-electron chi connectivity index (χ3n) is 4.74. The molecule has 0 aliphatic heterocycles. The van der Waals surface area contributed by atoms with Crippen LogP contribution in [-0.4, -0.2) is 4.98 Å². The Balaban J connectivity index is 0.000000436. The van der Waals surface area contributed by atoms with Crippen molar-refractivity contribution in [3.05, 3.63) is 46.3 Å². The minimum atomic E-state index is 0. The Morgan fingerprint density at radius 3 is 1.58 bits per heavy atom. The van der Waals surface area contributed by atoms with Crippen molar-refractivity contribution in [1.82, 2.24) is 4.98 Å². The van der Waals surface area contributed by atoms with Crippen molar-refractivity contribution in [2.75, 3.05) is 0 Å². The summed E-state index contributed by atoms with van der Waals surface area (Å²) in [5, 5.41) is 0. The van der Waals surface area contributed by atoms with Crippen molar-refractivity contribution in [2.24, 2.45) is 5.41 Å². The standard InChI is InChI=1S/C12H20N.C10H15.Zr/c1-11(2,3)9-7-8-10(13-9)12(4,5)6;1-7-6-10(4,5)9(3)8(7)2;/h7,13H,1-6H3;1-5H3;/q2*-1;+2. The number of nitrogens with one attached hydrogen (secondary N) is 1. The van der Waals surface area contributed by atoms with Crippen LogP contribution in [0.5, 0.6) is 0 Å². The van der Waals surface area contributed by atoms with Gasteiger partial charge in [-0.15, -0.1) is 12.6 Å². The van der Waals surface area contributed by atoms with Crippen molar-refractivity contribution in [2.45, 2.75) is 87.0 Å². The zero-order chi connectivity index (χ0) is 18.2. The molecule has 2 heteroatoms. The van der Waals surface area contributed by atoms with E-state index in [2.05, 4.69) is 99.4 Å². The number of aromatic amines is 1. The van der Waals surface area contributed by atoms with E-state index >= 15 is 0 Å². The average Bonchev–Trinajstić information content (AvgIpc) is 2.91. The van der Waals surface area contributed by atoms with Gasteiger partial charge in [0.05, 0.1) is 0 Å². The van der Waals surface area contributed by atoms with Gasteiger partial charge in [-0.05, 0) is 5.41 Å². The molecule has 1 aromatic rings. The fourth-order valence-electron chi connectivity index (χ4n) is 2.57. The predicted molar refractivity (Wildman–Crippen MR) is 102 cm³/mol. The van der Waals surface area contributed by atoms with E-state index in [0.717, 1.165) is 0 Å². The quantitative estimate of drug-likeness (QED) is 0.474. The maximum Gasteiger partial charge on any atom is 2.00 e. The molecule has 0 amide bonds. The number of aromatic nitrogens is 1. The van der Waals surface area contributed by atoms with Gasteiger partial charge in [-0.25, -0.2) is 17.7 Å². The number of rotatable bonds is 0. The molecule has 1 aliphatic carbocycles. The molecule has 0 aromatic carbocycles. The average molecular weight is 405 g/mol. The van der Waals surface area contributed by atoms with E-state index in [4.69, 9.17) is 0 Å². The monoisotopic (exact) mass is 403 g/mol. The molecular weight excluding hydrogens is 369 g/mol. The Bertz CT molecular complexity index is 585. The van der Waals surface area contributed by atoms with E-state index < -0.39 is 0 Å². The van der Waals surface area contributed by atoms with Gasteiger partial charge in [0, 0.05) is 0 Å². The molecule has 1 nitrogen and oxygen atoms in total. The fourth-order valence-corrected chi connectivity index (χ4v) is 2.57. The molecule has 0 atom stereocenters. The summed E-state index contributed by atoms with van der Waals surface area (Å²) in [5.74, 6) is 0. The van der Waals surface area contributed by atoms with Gasteiger partial charge in [-0.2, -0.15) is 11.1 Å². The molecule has 1 aliphatic rings. The number of allylic oxidation sites excluding steroid dienone is 4. The summed E-state index contributed by atoms with van der Waals surface area (Å²) in [6.07, 6.45) is 3.44. The molecule has 1 N–H and O–H groups in total. The van der Waals surface area contributed by atoms with E-state index in [1.54, 1.807) is 0 Å². The second kappa shape index (κ2) is 7.90. The van der Waals surface area contributed by atoms with E-state index in [1.807, 2.05) is 0 Å². The minimum Gasteiger partial charge on any atom is -0.454 e. The summed E-state index contributed by atoms with van der Waals surface area (Å²) < 4.78 is 0. The Morgan fingerprint density at radius 1 is 0.917 bits per heavy atom. The number of H-pyrrole nitrogens is 1. The van der Waals surface area contributed by atoms with Gasteiger partial charge in [0.1, 0.15) is 0 Å². The van der Waals surface area contributed by atoms with E-state index in [9.17, 15) is 0 Å². The smallest absolute Gasteiger partial charge is 0.454 e. The molecule has 2 rings (SSSR count). The zero-order valence-corrected chi connectivity index (χ0v) is 20.0. The van der Waals surface area contributed by atoms with Gasteiger partial charge in [0.25, 0.3) is 0 Å². The third kappa shape index (κ3) is 5.87. The summed E-state index contributed by atoms with van der Waals surface area (Å²) in [6, 6.07) is 5.37. The Labute approximate surface area is 169 Å². The first kappa shape index (κ1) is 23.6. The molecule has 0 saturated heterocycles. The van der Waals surface area contributed by atoms with Crippen LogP contribution in [0.15, 0.2) is 22.8 Å². The van der Waals surface area contributed by atoms with Gasteiger partial charge in [0.2, 0.25) is 0 Å². The molecule has 0 bridgehead atoms. The van der Waals surface area contributed by atoms with Crippen molar-refractivity contribution in [1.29, 1.82) is 0 Å². The van der Waals surface area contributed by atoms with Gasteiger partial charge in [0.15, 0.2) is 0 Å². The molecule has 1 aromatic heterocycles. The summed E-state index contributed by atoms with van der Waals surface area (Å²) in [5.41, 5.74) is 7.21. The molecule has 24 heavy (non-hydrogen) atoms. The van der Waals surface area contributed by atoms with Crippen molar-refractivity contribution >= 4 is 0 Å². The van der Waals surface area contributed by atoms with Crippen LogP contribution in [-0.2, 0) is 37.0 Å². The van der Waals surface area contributed by atoms with Crippen LogP contribution in [0.4, 0.5) is 0 Å². The molecule has 0 spiro atoms. The predicted octanol–water partition coefficient (Wildman–Crippen LogP) is 6.52. The summed E-state index contributed by atoms with van der Waals surface area (Å²) in [6.45, 7) is 24.1. The molecule has 132 valence electrons. The van der Waals surface area contributed by atoms with Crippen LogP contribution in [0.25, 0.3) is 0 Å². The van der Waals surface area contributed by atoms with Gasteiger partial charge in [-0.3, -0.25) is 6.08 Å². The van der Waals surface area contributed by atoms with Crippen LogP contribution in [0.3, 0.4) is 0 Å². The zero-order valence-electron chi connectivity index (χ0n) is 17.6. The van der Waals surface area contributed by atoms with Gasteiger partial charge < -0.3 is 4.98 Å². The van der Waals surface area contributed by atoms with Crippen molar-refractivity contribution in [3.63, 3.8) is 0 Å². The van der Waals surface area contributed by atoms with Crippen LogP contribution < -0.4 is 0 Å². The number of hydrogen-bond donors (Lipinski definition) is 1. The summed E-state index contributed by atoms with van der Waals surface area (Å²) in [7, 11) is 0. The van der Waals surface area contributed by atoms with Crippen LogP contribution in [0.1, 0.15) is 87.5 Å². The molecule has 0 saturated carbocycles. The normalized spacial score (nSPS) is 17.0. The van der Waals surface area contributed by atoms with E-state index in [-0.39, 0.29) is 42.4 Å².